The van der Waals surface area contributed by atoms with Crippen molar-refractivity contribution in [2.24, 2.45) is 0 Å². The van der Waals surface area contributed by atoms with Crippen molar-refractivity contribution in [3.63, 3.8) is 0 Å². The number of urea groups is 1. The summed E-state index contributed by atoms with van der Waals surface area (Å²) in [5.41, 5.74) is 0.235. The first-order valence-electron chi connectivity index (χ1n) is 3.20. The van der Waals surface area contributed by atoms with Crippen LogP contribution < -0.4 is 10.6 Å². The minimum Gasteiger partial charge on any atom is -0.341 e. The predicted octanol–water partition coefficient (Wildman–Crippen LogP) is 0.0327. The van der Waals surface area contributed by atoms with Crippen LogP contribution in [0.3, 0.4) is 0 Å². The summed E-state index contributed by atoms with van der Waals surface area (Å²) in [6.07, 6.45) is 1.34. The van der Waals surface area contributed by atoms with E-state index in [2.05, 4.69) is 20.6 Å². The quantitative estimate of drug-likeness (QED) is 0.548. The Balaban J connectivity index is 2.76. The van der Waals surface area contributed by atoms with Gasteiger partial charge in [-0.1, -0.05) is 0 Å². The molecule has 0 aromatic carbocycles. The van der Waals surface area contributed by atoms with Crippen LogP contribution in [0.4, 0.5) is 10.6 Å². The normalized spacial score (nSPS) is 8.67. The van der Waals surface area contributed by atoms with Gasteiger partial charge in [0.2, 0.25) is 0 Å². The highest BCUT2D eigenvalue weighted by molar-refractivity contribution is 5.88. The molecule has 3 N–H and O–H groups in total. The molecule has 0 saturated heterocycles. The van der Waals surface area contributed by atoms with E-state index in [1.807, 2.05) is 6.07 Å². The fraction of sp³-hybridized carbons (Fsp3) is 0.167. The Bertz CT molecular complexity index is 323. The lowest BCUT2D eigenvalue weighted by Gasteiger charge is -1.98. The zero-order valence-corrected chi connectivity index (χ0v) is 6.38. The molecule has 12 heavy (non-hydrogen) atoms. The lowest BCUT2D eigenvalue weighted by Crippen LogP contribution is -2.25. The first-order chi connectivity index (χ1) is 5.77. The molecule has 6 nitrogen and oxygen atoms in total. The van der Waals surface area contributed by atoms with Gasteiger partial charge in [0, 0.05) is 7.05 Å². The third-order valence-corrected chi connectivity index (χ3v) is 1.21. The molecule has 0 aliphatic heterocycles. The van der Waals surface area contributed by atoms with E-state index in [0.717, 1.165) is 0 Å². The van der Waals surface area contributed by atoms with Crippen LogP contribution >= 0.6 is 0 Å². The highest BCUT2D eigenvalue weighted by atomic mass is 16.2. The number of nitriles is 1. The van der Waals surface area contributed by atoms with E-state index >= 15 is 0 Å². The average molecular weight is 165 g/mol. The minimum atomic E-state index is -0.404. The topological polar surface area (TPSA) is 93.6 Å². The Kier molecular flexibility index (Phi) is 2.28. The predicted molar refractivity (Wildman–Crippen MR) is 41.4 cm³/mol. The molecule has 0 radical (unpaired) electrons. The molecule has 6 heteroatoms. The summed E-state index contributed by atoms with van der Waals surface area (Å²) in [4.78, 5) is 17.1. The van der Waals surface area contributed by atoms with Gasteiger partial charge in [-0.15, -0.1) is 0 Å². The maximum absolute atomic E-state index is 10.8. The van der Waals surface area contributed by atoms with E-state index in [0.29, 0.717) is 0 Å². The number of hydrogen-bond donors (Lipinski definition) is 3. The highest BCUT2D eigenvalue weighted by Gasteiger charge is 2.06. The van der Waals surface area contributed by atoms with Crippen LogP contribution in [-0.4, -0.2) is 23.0 Å². The summed E-state index contributed by atoms with van der Waals surface area (Å²) in [6, 6.07) is 1.44. The van der Waals surface area contributed by atoms with Crippen LogP contribution in [0.5, 0.6) is 0 Å². The summed E-state index contributed by atoms with van der Waals surface area (Å²) in [5, 5.41) is 13.2. The molecule has 1 aromatic heterocycles. The van der Waals surface area contributed by atoms with Crippen molar-refractivity contribution in [3.05, 3.63) is 12.0 Å². The van der Waals surface area contributed by atoms with E-state index in [1.165, 1.54) is 13.4 Å². The van der Waals surface area contributed by atoms with E-state index < -0.39 is 6.03 Å². The van der Waals surface area contributed by atoms with Gasteiger partial charge in [-0.05, 0) is 0 Å². The number of amides is 2. The first-order valence-corrected chi connectivity index (χ1v) is 3.20. The summed E-state index contributed by atoms with van der Waals surface area (Å²) in [6.45, 7) is 0. The van der Waals surface area contributed by atoms with Crippen molar-refractivity contribution in [2.75, 3.05) is 12.4 Å². The number of H-pyrrole nitrogens is 1. The molecule has 1 rings (SSSR count). The zero-order valence-electron chi connectivity index (χ0n) is 6.38. The monoisotopic (exact) mass is 165 g/mol. The standard InChI is InChI=1S/C6H7N5O/c1-8-6(12)11-5-4(2-7)9-3-10-5/h3H,1H3,(H,9,10)(H2,8,11,12). The van der Waals surface area contributed by atoms with Crippen LogP contribution in [0.1, 0.15) is 5.69 Å². The fourth-order valence-corrected chi connectivity index (χ4v) is 0.644. The molecule has 1 heterocycles. The van der Waals surface area contributed by atoms with Crippen LogP contribution in [0, 0.1) is 11.3 Å². The van der Waals surface area contributed by atoms with Crippen LogP contribution in [0.25, 0.3) is 0 Å². The molecular formula is C6H7N5O. The van der Waals surface area contributed by atoms with Gasteiger partial charge in [-0.25, -0.2) is 9.78 Å². The third kappa shape index (κ3) is 1.52. The second-order valence-electron chi connectivity index (χ2n) is 1.94. The number of carbonyl (C=O) groups is 1. The summed E-state index contributed by atoms with van der Waals surface area (Å²) in [7, 11) is 1.48. The van der Waals surface area contributed by atoms with E-state index in [-0.39, 0.29) is 11.5 Å². The Hall–Kier alpha value is -2.03. The number of anilines is 1. The Morgan fingerprint density at radius 2 is 2.58 bits per heavy atom. The fourth-order valence-electron chi connectivity index (χ4n) is 0.644. The number of rotatable bonds is 1. The summed E-state index contributed by atoms with van der Waals surface area (Å²) >= 11 is 0. The molecule has 0 saturated carbocycles. The number of nitrogens with one attached hydrogen (secondary N) is 3. The number of carbonyl (C=O) groups excluding carboxylic acids is 1. The van der Waals surface area contributed by atoms with Gasteiger partial charge in [0.25, 0.3) is 0 Å². The summed E-state index contributed by atoms with van der Waals surface area (Å²) in [5.74, 6) is 0.233. The van der Waals surface area contributed by atoms with E-state index in [1.54, 1.807) is 0 Å². The van der Waals surface area contributed by atoms with Gasteiger partial charge in [-0.3, -0.25) is 5.32 Å². The molecule has 0 spiro atoms. The number of aromatic amines is 1. The summed E-state index contributed by atoms with van der Waals surface area (Å²) < 4.78 is 0. The molecular weight excluding hydrogens is 158 g/mol. The maximum atomic E-state index is 10.8. The van der Waals surface area contributed by atoms with Crippen LogP contribution in [-0.2, 0) is 0 Å². The lowest BCUT2D eigenvalue weighted by atomic mass is 10.5. The molecule has 0 aliphatic carbocycles. The van der Waals surface area contributed by atoms with Crippen molar-refractivity contribution in [3.8, 4) is 6.07 Å². The minimum absolute atomic E-state index is 0.233. The molecule has 62 valence electrons. The Labute approximate surface area is 68.6 Å². The van der Waals surface area contributed by atoms with Gasteiger partial charge < -0.3 is 10.3 Å². The van der Waals surface area contributed by atoms with Crippen molar-refractivity contribution in [2.45, 2.75) is 0 Å². The van der Waals surface area contributed by atoms with Crippen LogP contribution in [0.15, 0.2) is 6.33 Å². The number of nitrogens with zero attached hydrogens (tertiary/aromatic N) is 2. The van der Waals surface area contributed by atoms with Crippen molar-refractivity contribution in [1.29, 1.82) is 5.26 Å². The highest BCUT2D eigenvalue weighted by Crippen LogP contribution is 2.06. The maximum Gasteiger partial charge on any atom is 0.320 e. The van der Waals surface area contributed by atoms with Crippen molar-refractivity contribution in [1.82, 2.24) is 15.3 Å². The molecule has 1 aromatic rings. The Morgan fingerprint density at radius 3 is 3.17 bits per heavy atom. The molecule has 0 fully saturated rings. The second-order valence-corrected chi connectivity index (χ2v) is 1.94. The van der Waals surface area contributed by atoms with Gasteiger partial charge in [0.05, 0.1) is 6.33 Å². The largest absolute Gasteiger partial charge is 0.341 e. The van der Waals surface area contributed by atoms with Crippen LogP contribution in [0.2, 0.25) is 0 Å². The Morgan fingerprint density at radius 1 is 1.83 bits per heavy atom. The molecule has 2 amide bonds. The van der Waals surface area contributed by atoms with Gasteiger partial charge in [-0.2, -0.15) is 5.26 Å². The zero-order chi connectivity index (χ0) is 8.97. The van der Waals surface area contributed by atoms with Gasteiger partial charge >= 0.3 is 6.03 Å². The van der Waals surface area contributed by atoms with E-state index in [4.69, 9.17) is 5.26 Å². The number of imidazole rings is 1. The smallest absolute Gasteiger partial charge is 0.320 e. The lowest BCUT2D eigenvalue weighted by molar-refractivity contribution is 0.254. The number of aromatic nitrogens is 2. The molecule has 0 bridgehead atoms. The second kappa shape index (κ2) is 3.39. The average Bonchev–Trinajstić information content (AvgIpc) is 2.51. The van der Waals surface area contributed by atoms with Gasteiger partial charge in [0.15, 0.2) is 11.5 Å². The van der Waals surface area contributed by atoms with E-state index in [9.17, 15) is 4.79 Å². The number of hydrogen-bond acceptors (Lipinski definition) is 3. The molecule has 0 aliphatic rings. The molecule has 0 atom stereocenters. The van der Waals surface area contributed by atoms with Crippen molar-refractivity contribution < 1.29 is 4.79 Å². The third-order valence-electron chi connectivity index (χ3n) is 1.21. The SMILES string of the molecule is CNC(=O)Nc1nc[nH]c1C#N. The first kappa shape index (κ1) is 8.07. The molecule has 0 unspecified atom stereocenters. The van der Waals surface area contributed by atoms with Crippen molar-refractivity contribution >= 4 is 11.8 Å². The van der Waals surface area contributed by atoms with Gasteiger partial charge in [0.1, 0.15) is 6.07 Å².